The minimum Gasteiger partial charge on any atom is -0.354 e. The fourth-order valence-electron chi connectivity index (χ4n) is 3.69. The molecule has 2 aromatic carbocycles. The van der Waals surface area contributed by atoms with Gasteiger partial charge in [-0.25, -0.2) is 8.42 Å². The SMILES string of the molecule is CC[C@H](C(=O)NCC(C)C)N(Cc1c(Cl)cccc1Cl)C(=O)CN(c1cccc(C(C)=O)c1)S(C)(=O)=O. The van der Waals surface area contributed by atoms with Crippen molar-refractivity contribution < 1.29 is 22.8 Å². The van der Waals surface area contributed by atoms with Gasteiger partial charge in [-0.05, 0) is 43.5 Å². The summed E-state index contributed by atoms with van der Waals surface area (Å²) >= 11 is 12.7. The maximum Gasteiger partial charge on any atom is 0.244 e. The van der Waals surface area contributed by atoms with Crippen LogP contribution in [0.4, 0.5) is 5.69 Å². The van der Waals surface area contributed by atoms with Crippen molar-refractivity contribution in [2.45, 2.75) is 46.7 Å². The highest BCUT2D eigenvalue weighted by Crippen LogP contribution is 2.28. The summed E-state index contributed by atoms with van der Waals surface area (Å²) in [6.45, 7) is 6.76. The number of rotatable bonds is 12. The number of amides is 2. The van der Waals surface area contributed by atoms with Crippen LogP contribution in [0, 0.1) is 5.92 Å². The molecule has 1 atom stereocenters. The van der Waals surface area contributed by atoms with Crippen molar-refractivity contribution in [1.29, 1.82) is 0 Å². The number of sulfonamides is 1. The highest BCUT2D eigenvalue weighted by atomic mass is 35.5. The molecule has 11 heteroatoms. The van der Waals surface area contributed by atoms with Crippen LogP contribution >= 0.6 is 23.2 Å². The third-order valence-corrected chi connectivity index (χ3v) is 7.53. The number of carbonyl (C=O) groups is 3. The number of anilines is 1. The third-order valence-electron chi connectivity index (χ3n) is 5.68. The molecule has 0 aromatic heterocycles. The van der Waals surface area contributed by atoms with Crippen molar-refractivity contribution in [3.63, 3.8) is 0 Å². The summed E-state index contributed by atoms with van der Waals surface area (Å²) in [5.74, 6) is -1.04. The zero-order valence-corrected chi connectivity index (χ0v) is 24.0. The second kappa shape index (κ2) is 13.3. The Kier molecular flexibility index (Phi) is 11.0. The van der Waals surface area contributed by atoms with Crippen LogP contribution in [0.3, 0.4) is 0 Å². The highest BCUT2D eigenvalue weighted by molar-refractivity contribution is 7.92. The number of nitrogens with one attached hydrogen (secondary N) is 1. The predicted octanol–water partition coefficient (Wildman–Crippen LogP) is 4.54. The van der Waals surface area contributed by atoms with Gasteiger partial charge in [-0.3, -0.25) is 18.7 Å². The lowest BCUT2D eigenvalue weighted by molar-refractivity contribution is -0.140. The standard InChI is InChI=1S/C26H33Cl2N3O5S/c1-6-24(26(34)29-14-17(2)3)30(15-21-22(27)11-8-12-23(21)28)25(33)16-31(37(5,35)36)20-10-7-9-19(13-20)18(4)32/h7-13,17,24H,6,14-16H2,1-5H3,(H,29,34)/t24-/m1/s1. The van der Waals surface area contributed by atoms with Crippen molar-refractivity contribution in [3.8, 4) is 0 Å². The van der Waals surface area contributed by atoms with Crippen molar-refractivity contribution in [3.05, 3.63) is 63.6 Å². The van der Waals surface area contributed by atoms with E-state index < -0.39 is 28.5 Å². The summed E-state index contributed by atoms with van der Waals surface area (Å²) in [7, 11) is -3.93. The van der Waals surface area contributed by atoms with Gasteiger partial charge in [0.2, 0.25) is 21.8 Å². The van der Waals surface area contributed by atoms with Crippen LogP contribution in [0.25, 0.3) is 0 Å². The molecule has 0 aliphatic heterocycles. The van der Waals surface area contributed by atoms with E-state index in [0.29, 0.717) is 27.7 Å². The molecule has 1 N–H and O–H groups in total. The van der Waals surface area contributed by atoms with E-state index in [0.717, 1.165) is 10.6 Å². The van der Waals surface area contributed by atoms with Gasteiger partial charge in [-0.2, -0.15) is 0 Å². The van der Waals surface area contributed by atoms with Gasteiger partial charge in [0.05, 0.1) is 11.9 Å². The number of Topliss-reactive ketones (excluding diaryl/α,β-unsaturated/α-hetero) is 1. The lowest BCUT2D eigenvalue weighted by atomic mass is 10.1. The van der Waals surface area contributed by atoms with Crippen molar-refractivity contribution in [2.24, 2.45) is 5.92 Å². The van der Waals surface area contributed by atoms with Gasteiger partial charge in [0.25, 0.3) is 0 Å². The molecular weight excluding hydrogens is 537 g/mol. The Morgan fingerprint density at radius 1 is 1.03 bits per heavy atom. The summed E-state index contributed by atoms with van der Waals surface area (Å²) in [4.78, 5) is 40.0. The fourth-order valence-corrected chi connectivity index (χ4v) is 5.05. The molecular formula is C26H33Cl2N3O5S. The smallest absolute Gasteiger partial charge is 0.244 e. The van der Waals surface area contributed by atoms with E-state index in [1.165, 1.54) is 24.0 Å². The molecule has 0 fully saturated rings. The molecule has 0 unspecified atom stereocenters. The van der Waals surface area contributed by atoms with Gasteiger partial charge in [0, 0.05) is 34.3 Å². The quantitative estimate of drug-likeness (QED) is 0.378. The van der Waals surface area contributed by atoms with Crippen LogP contribution in [0.5, 0.6) is 0 Å². The lowest BCUT2D eigenvalue weighted by Crippen LogP contribution is -2.52. The molecule has 0 heterocycles. The fraction of sp³-hybridized carbons (Fsp3) is 0.423. The first kappa shape index (κ1) is 30.6. The van der Waals surface area contributed by atoms with Crippen LogP contribution in [0.15, 0.2) is 42.5 Å². The third kappa shape index (κ3) is 8.45. The van der Waals surface area contributed by atoms with Gasteiger partial charge in [0.1, 0.15) is 12.6 Å². The van der Waals surface area contributed by atoms with Crippen LogP contribution in [-0.2, 0) is 26.2 Å². The minimum atomic E-state index is -3.93. The number of nitrogens with zero attached hydrogens (tertiary/aromatic N) is 2. The second-order valence-electron chi connectivity index (χ2n) is 9.16. The monoisotopic (exact) mass is 569 g/mol. The molecule has 0 aliphatic carbocycles. The minimum absolute atomic E-state index is 0.101. The highest BCUT2D eigenvalue weighted by Gasteiger charge is 2.32. The van der Waals surface area contributed by atoms with Gasteiger partial charge in [0.15, 0.2) is 5.78 Å². The zero-order valence-electron chi connectivity index (χ0n) is 21.6. The number of ketones is 1. The Morgan fingerprint density at radius 2 is 1.62 bits per heavy atom. The van der Waals surface area contributed by atoms with Crippen molar-refractivity contribution in [1.82, 2.24) is 10.2 Å². The number of benzene rings is 2. The van der Waals surface area contributed by atoms with Crippen LogP contribution in [0.2, 0.25) is 10.0 Å². The average molecular weight is 571 g/mol. The van der Waals surface area contributed by atoms with Crippen molar-refractivity contribution >= 4 is 56.5 Å². The molecule has 0 bridgehead atoms. The molecule has 0 saturated carbocycles. The largest absolute Gasteiger partial charge is 0.354 e. The van der Waals surface area contributed by atoms with Crippen LogP contribution in [0.1, 0.15) is 50.0 Å². The van der Waals surface area contributed by atoms with E-state index >= 15 is 0 Å². The number of carbonyl (C=O) groups excluding carboxylic acids is 3. The summed E-state index contributed by atoms with van der Waals surface area (Å²) in [5.41, 5.74) is 0.910. The normalized spacial score (nSPS) is 12.2. The zero-order chi connectivity index (χ0) is 27.9. The number of halogens is 2. The Hall–Kier alpha value is -2.62. The Bertz CT molecular complexity index is 1230. The average Bonchev–Trinajstić information content (AvgIpc) is 2.81. The Balaban J connectivity index is 2.52. The van der Waals surface area contributed by atoms with Crippen molar-refractivity contribution in [2.75, 3.05) is 23.7 Å². The van der Waals surface area contributed by atoms with E-state index in [9.17, 15) is 22.8 Å². The van der Waals surface area contributed by atoms with E-state index in [2.05, 4.69) is 5.32 Å². The summed E-state index contributed by atoms with van der Waals surface area (Å²) in [6, 6.07) is 10.0. The maximum absolute atomic E-state index is 13.7. The first-order chi connectivity index (χ1) is 17.3. The van der Waals surface area contributed by atoms with Gasteiger partial charge in [-0.1, -0.05) is 62.2 Å². The van der Waals surface area contributed by atoms with Gasteiger partial charge >= 0.3 is 0 Å². The lowest BCUT2D eigenvalue weighted by Gasteiger charge is -2.33. The Morgan fingerprint density at radius 3 is 2.14 bits per heavy atom. The molecule has 0 saturated heterocycles. The first-order valence-electron chi connectivity index (χ1n) is 11.8. The van der Waals surface area contributed by atoms with Gasteiger partial charge in [-0.15, -0.1) is 0 Å². The molecule has 37 heavy (non-hydrogen) atoms. The predicted molar refractivity (Wildman–Crippen MR) is 148 cm³/mol. The molecule has 2 rings (SSSR count). The van der Waals surface area contributed by atoms with E-state index in [-0.39, 0.29) is 36.3 Å². The molecule has 202 valence electrons. The van der Waals surface area contributed by atoms with E-state index in [4.69, 9.17) is 23.2 Å². The van der Waals surface area contributed by atoms with E-state index in [1.807, 2.05) is 13.8 Å². The Labute approximate surface area is 229 Å². The molecule has 0 radical (unpaired) electrons. The second-order valence-corrected chi connectivity index (χ2v) is 11.9. The maximum atomic E-state index is 13.7. The number of hydrogen-bond donors (Lipinski definition) is 1. The first-order valence-corrected chi connectivity index (χ1v) is 14.4. The number of hydrogen-bond acceptors (Lipinski definition) is 5. The van der Waals surface area contributed by atoms with Crippen LogP contribution < -0.4 is 9.62 Å². The topological polar surface area (TPSA) is 104 Å². The van der Waals surface area contributed by atoms with E-state index in [1.54, 1.807) is 37.3 Å². The molecule has 2 amide bonds. The molecule has 2 aromatic rings. The molecule has 0 aliphatic rings. The molecule has 8 nitrogen and oxygen atoms in total. The molecule has 0 spiro atoms. The summed E-state index contributed by atoms with van der Waals surface area (Å²) < 4.78 is 26.4. The summed E-state index contributed by atoms with van der Waals surface area (Å²) in [6.07, 6.45) is 1.25. The van der Waals surface area contributed by atoms with Gasteiger partial charge < -0.3 is 10.2 Å². The van der Waals surface area contributed by atoms with Crippen LogP contribution in [-0.4, -0.2) is 56.3 Å². The summed E-state index contributed by atoms with van der Waals surface area (Å²) in [5, 5.41) is 3.48.